The first-order chi connectivity index (χ1) is 15.1. The van der Waals surface area contributed by atoms with E-state index in [2.05, 4.69) is 21.9 Å². The summed E-state index contributed by atoms with van der Waals surface area (Å²) in [7, 11) is 2.11. The summed E-state index contributed by atoms with van der Waals surface area (Å²) in [6, 6.07) is 11.7. The van der Waals surface area contributed by atoms with Gasteiger partial charge >= 0.3 is 0 Å². The molecule has 162 valence electrons. The van der Waals surface area contributed by atoms with Crippen LogP contribution in [0.2, 0.25) is 0 Å². The largest absolute Gasteiger partial charge is 0.439 e. The summed E-state index contributed by atoms with van der Waals surface area (Å²) in [6.45, 7) is 3.81. The van der Waals surface area contributed by atoms with Gasteiger partial charge in [-0.1, -0.05) is 13.0 Å². The maximum atomic E-state index is 13.5. The molecule has 2 aromatic heterocycles. The molecule has 3 aromatic rings. The van der Waals surface area contributed by atoms with Crippen LogP contribution < -0.4 is 4.74 Å². The topological polar surface area (TPSA) is 68.2 Å². The lowest BCUT2D eigenvalue weighted by Gasteiger charge is -2.28. The van der Waals surface area contributed by atoms with Crippen molar-refractivity contribution in [1.82, 2.24) is 19.9 Å². The van der Waals surface area contributed by atoms with Crippen molar-refractivity contribution in [2.45, 2.75) is 32.1 Å². The molecule has 0 amide bonds. The normalized spacial score (nSPS) is 16.2. The van der Waals surface area contributed by atoms with E-state index < -0.39 is 0 Å². The van der Waals surface area contributed by atoms with Crippen LogP contribution in [-0.2, 0) is 4.79 Å². The number of carbonyl (C=O) groups is 1. The molecule has 0 bridgehead atoms. The summed E-state index contributed by atoms with van der Waals surface area (Å²) in [6.07, 6.45) is 7.17. The molecule has 1 fully saturated rings. The van der Waals surface area contributed by atoms with E-state index in [1.807, 2.05) is 19.1 Å². The molecule has 31 heavy (non-hydrogen) atoms. The van der Waals surface area contributed by atoms with Crippen molar-refractivity contribution >= 4 is 6.29 Å². The number of nitrogens with zero attached hydrogens (tertiary/aromatic N) is 4. The maximum Gasteiger partial charge on any atom is 0.223 e. The number of hydrogen-bond acceptors (Lipinski definition) is 6. The zero-order valence-electron chi connectivity index (χ0n) is 17.9. The fraction of sp³-hybridized carbons (Fsp3) is 0.333. The van der Waals surface area contributed by atoms with Crippen LogP contribution in [0.4, 0.5) is 4.39 Å². The van der Waals surface area contributed by atoms with Crippen molar-refractivity contribution in [1.29, 1.82) is 0 Å². The Kier molecular flexibility index (Phi) is 8.18. The summed E-state index contributed by atoms with van der Waals surface area (Å²) in [5, 5.41) is 0. The van der Waals surface area contributed by atoms with E-state index in [1.165, 1.54) is 12.1 Å². The third-order valence-electron chi connectivity index (χ3n) is 4.85. The number of hydrogen-bond donors (Lipinski definition) is 0. The van der Waals surface area contributed by atoms with Crippen LogP contribution in [0, 0.1) is 5.82 Å². The van der Waals surface area contributed by atoms with Crippen molar-refractivity contribution in [2.75, 3.05) is 20.1 Å². The standard InChI is InChI=1S/C21H21FN4O.C3H6O/c1-26-10-4-6-16(14-26)21-24-19(15-5-3-9-23-13-15)12-20(25-21)27-18-8-2-7-17(22)11-18;1-2-3-4/h2-3,5,7-9,11-13,16H,4,6,10,14H2,1H3;3H,2H2,1H3. The maximum absolute atomic E-state index is 13.5. The molecule has 7 heteroatoms. The number of carbonyl (C=O) groups excluding carboxylic acids is 1. The van der Waals surface area contributed by atoms with Gasteiger partial charge in [0, 0.05) is 49.0 Å². The number of aldehydes is 1. The van der Waals surface area contributed by atoms with Crippen LogP contribution in [-0.4, -0.2) is 46.3 Å². The molecule has 3 heterocycles. The number of pyridine rings is 1. The quantitative estimate of drug-likeness (QED) is 0.546. The monoisotopic (exact) mass is 422 g/mol. The van der Waals surface area contributed by atoms with Crippen LogP contribution in [0.3, 0.4) is 0 Å². The van der Waals surface area contributed by atoms with E-state index in [0.29, 0.717) is 18.1 Å². The number of piperidine rings is 1. The lowest BCUT2D eigenvalue weighted by atomic mass is 9.97. The number of benzene rings is 1. The van der Waals surface area contributed by atoms with Gasteiger partial charge in [0.25, 0.3) is 0 Å². The van der Waals surface area contributed by atoms with Gasteiger partial charge in [-0.2, -0.15) is 4.98 Å². The van der Waals surface area contributed by atoms with Crippen LogP contribution in [0.25, 0.3) is 11.3 Å². The Morgan fingerprint density at radius 3 is 2.74 bits per heavy atom. The second-order valence-corrected chi connectivity index (χ2v) is 7.43. The summed E-state index contributed by atoms with van der Waals surface area (Å²) < 4.78 is 19.4. The van der Waals surface area contributed by atoms with Gasteiger partial charge in [-0.05, 0) is 50.7 Å². The Hall–Kier alpha value is -3.19. The molecule has 0 N–H and O–H groups in total. The Bertz CT molecular complexity index is 984. The second kappa shape index (κ2) is 11.3. The van der Waals surface area contributed by atoms with Crippen molar-refractivity contribution in [3.05, 3.63) is 66.5 Å². The molecule has 0 saturated carbocycles. The van der Waals surface area contributed by atoms with Crippen LogP contribution in [0.5, 0.6) is 11.6 Å². The predicted molar refractivity (Wildman–Crippen MR) is 118 cm³/mol. The van der Waals surface area contributed by atoms with Gasteiger partial charge in [0.15, 0.2) is 0 Å². The highest BCUT2D eigenvalue weighted by Gasteiger charge is 2.23. The van der Waals surface area contributed by atoms with E-state index in [0.717, 1.165) is 49.3 Å². The molecular weight excluding hydrogens is 395 g/mol. The second-order valence-electron chi connectivity index (χ2n) is 7.43. The summed E-state index contributed by atoms with van der Waals surface area (Å²) in [4.78, 5) is 25.1. The molecular formula is C24H27FN4O2. The van der Waals surface area contributed by atoms with Crippen LogP contribution in [0.1, 0.15) is 37.9 Å². The van der Waals surface area contributed by atoms with Gasteiger partial charge < -0.3 is 14.4 Å². The minimum Gasteiger partial charge on any atom is -0.439 e. The van der Waals surface area contributed by atoms with E-state index in [-0.39, 0.29) is 11.7 Å². The highest BCUT2D eigenvalue weighted by atomic mass is 19.1. The Morgan fingerprint density at radius 1 is 1.23 bits per heavy atom. The average molecular weight is 423 g/mol. The molecule has 1 saturated heterocycles. The number of ether oxygens (including phenoxy) is 1. The van der Waals surface area contributed by atoms with Crippen LogP contribution in [0.15, 0.2) is 54.9 Å². The average Bonchev–Trinajstić information content (AvgIpc) is 2.80. The van der Waals surface area contributed by atoms with E-state index in [4.69, 9.17) is 9.72 Å². The number of halogens is 1. The van der Waals surface area contributed by atoms with Crippen molar-refractivity contribution in [3.63, 3.8) is 0 Å². The predicted octanol–water partition coefficient (Wildman–Crippen LogP) is 4.87. The van der Waals surface area contributed by atoms with Gasteiger partial charge in [0.1, 0.15) is 23.7 Å². The van der Waals surface area contributed by atoms with Gasteiger partial charge in [-0.25, -0.2) is 9.37 Å². The van der Waals surface area contributed by atoms with Crippen molar-refractivity contribution < 1.29 is 13.9 Å². The first kappa shape index (κ1) is 22.5. The molecule has 1 aliphatic rings. The fourth-order valence-corrected chi connectivity index (χ4v) is 3.37. The fourth-order valence-electron chi connectivity index (χ4n) is 3.37. The third-order valence-corrected chi connectivity index (χ3v) is 4.85. The summed E-state index contributed by atoms with van der Waals surface area (Å²) in [5.74, 6) is 1.49. The first-order valence-electron chi connectivity index (χ1n) is 10.4. The Morgan fingerprint density at radius 2 is 2.06 bits per heavy atom. The molecule has 6 nitrogen and oxygen atoms in total. The minimum absolute atomic E-state index is 0.246. The lowest BCUT2D eigenvalue weighted by Crippen LogP contribution is -2.31. The lowest BCUT2D eigenvalue weighted by molar-refractivity contribution is -0.107. The smallest absolute Gasteiger partial charge is 0.223 e. The van der Waals surface area contributed by atoms with Crippen LogP contribution >= 0.6 is 0 Å². The minimum atomic E-state index is -0.344. The third kappa shape index (κ3) is 6.65. The highest BCUT2D eigenvalue weighted by Crippen LogP contribution is 2.30. The molecule has 0 radical (unpaired) electrons. The number of rotatable bonds is 5. The Balaban J connectivity index is 0.000000628. The van der Waals surface area contributed by atoms with E-state index in [1.54, 1.807) is 30.6 Å². The van der Waals surface area contributed by atoms with E-state index in [9.17, 15) is 9.18 Å². The molecule has 4 rings (SSSR count). The molecule has 0 spiro atoms. The molecule has 1 atom stereocenters. The summed E-state index contributed by atoms with van der Waals surface area (Å²) in [5.41, 5.74) is 1.65. The molecule has 1 aromatic carbocycles. The van der Waals surface area contributed by atoms with Crippen molar-refractivity contribution in [3.8, 4) is 22.9 Å². The van der Waals surface area contributed by atoms with Gasteiger partial charge in [0.2, 0.25) is 5.88 Å². The van der Waals surface area contributed by atoms with Gasteiger partial charge in [-0.3, -0.25) is 4.98 Å². The number of likely N-dealkylation sites (N-methyl/N-ethyl adjacent to an activating group) is 1. The first-order valence-corrected chi connectivity index (χ1v) is 10.4. The number of aromatic nitrogens is 3. The van der Waals surface area contributed by atoms with Crippen molar-refractivity contribution in [2.24, 2.45) is 0 Å². The molecule has 0 aliphatic carbocycles. The SMILES string of the molecule is CCC=O.CN1CCCC(c2nc(Oc3cccc(F)c3)cc(-c3cccnc3)n2)C1. The molecule has 1 unspecified atom stereocenters. The number of likely N-dealkylation sites (tertiary alicyclic amines) is 1. The van der Waals surface area contributed by atoms with Gasteiger partial charge in [-0.15, -0.1) is 0 Å². The molecule has 1 aliphatic heterocycles. The summed E-state index contributed by atoms with van der Waals surface area (Å²) >= 11 is 0. The zero-order chi connectivity index (χ0) is 22.1. The highest BCUT2D eigenvalue weighted by molar-refractivity contribution is 5.59. The van der Waals surface area contributed by atoms with Gasteiger partial charge in [0.05, 0.1) is 5.69 Å². The zero-order valence-corrected chi connectivity index (χ0v) is 17.9. The Labute approximate surface area is 182 Å². The van der Waals surface area contributed by atoms with E-state index >= 15 is 0 Å².